The number of alkyl halides is 3. The van der Waals surface area contributed by atoms with E-state index in [2.05, 4.69) is 26.8 Å². The van der Waals surface area contributed by atoms with Gasteiger partial charge in [-0.2, -0.15) is 13.2 Å². The first-order chi connectivity index (χ1) is 11.8. The first kappa shape index (κ1) is 16.9. The van der Waals surface area contributed by atoms with Crippen molar-refractivity contribution in [1.82, 2.24) is 19.4 Å². The van der Waals surface area contributed by atoms with E-state index in [1.165, 1.54) is 0 Å². The predicted molar refractivity (Wildman–Crippen MR) is 89.3 cm³/mol. The van der Waals surface area contributed by atoms with E-state index in [4.69, 9.17) is 0 Å². The molecule has 3 heterocycles. The number of aryl methyl sites for hydroxylation is 1. The van der Waals surface area contributed by atoms with Crippen LogP contribution in [0.2, 0.25) is 0 Å². The Labute approximate surface area is 142 Å². The van der Waals surface area contributed by atoms with Crippen molar-refractivity contribution in [1.29, 1.82) is 0 Å². The largest absolute Gasteiger partial charge is 0.390 e. The number of halogens is 3. The molecule has 8 heteroatoms. The van der Waals surface area contributed by atoms with Gasteiger partial charge in [0, 0.05) is 36.9 Å². The molecule has 0 aromatic carbocycles. The van der Waals surface area contributed by atoms with Crippen molar-refractivity contribution in [3.05, 3.63) is 60.3 Å². The minimum absolute atomic E-state index is 0.170. The van der Waals surface area contributed by atoms with Gasteiger partial charge in [-0.25, -0.2) is 15.0 Å². The van der Waals surface area contributed by atoms with Crippen molar-refractivity contribution in [2.75, 3.05) is 11.9 Å². The van der Waals surface area contributed by atoms with Gasteiger partial charge in [-0.05, 0) is 30.2 Å². The maximum atomic E-state index is 12.2. The number of fused-ring (bicyclic) bond motifs is 1. The maximum absolute atomic E-state index is 12.2. The SMILES string of the molecule is C=C(c1ccc2nccn2c1)c1cnc(NCCC(F)(F)F)nc1C. The summed E-state index contributed by atoms with van der Waals surface area (Å²) in [7, 11) is 0. The Balaban J connectivity index is 1.76. The topological polar surface area (TPSA) is 55.1 Å². The summed E-state index contributed by atoms with van der Waals surface area (Å²) >= 11 is 0. The molecular formula is C17H16F3N5. The predicted octanol–water partition coefficient (Wildman–Crippen LogP) is 3.86. The Hall–Kier alpha value is -2.90. The highest BCUT2D eigenvalue weighted by Crippen LogP contribution is 2.24. The molecule has 1 N–H and O–H groups in total. The molecule has 0 fully saturated rings. The highest BCUT2D eigenvalue weighted by Gasteiger charge is 2.26. The van der Waals surface area contributed by atoms with E-state index >= 15 is 0 Å². The summed E-state index contributed by atoms with van der Waals surface area (Å²) in [5.74, 6) is 0.170. The Morgan fingerprint density at radius 3 is 2.80 bits per heavy atom. The number of imidazole rings is 1. The van der Waals surface area contributed by atoms with Gasteiger partial charge in [0.2, 0.25) is 5.95 Å². The highest BCUT2D eigenvalue weighted by atomic mass is 19.4. The summed E-state index contributed by atoms with van der Waals surface area (Å²) < 4.78 is 38.4. The number of pyridine rings is 1. The molecule has 0 atom stereocenters. The molecule has 3 aromatic rings. The van der Waals surface area contributed by atoms with E-state index in [-0.39, 0.29) is 12.5 Å². The van der Waals surface area contributed by atoms with Gasteiger partial charge >= 0.3 is 6.18 Å². The molecule has 0 saturated carbocycles. The highest BCUT2D eigenvalue weighted by molar-refractivity contribution is 5.79. The second kappa shape index (κ2) is 6.54. The van der Waals surface area contributed by atoms with Crippen LogP contribution in [0.1, 0.15) is 23.2 Å². The van der Waals surface area contributed by atoms with Gasteiger partial charge in [-0.3, -0.25) is 0 Å². The lowest BCUT2D eigenvalue weighted by Gasteiger charge is -2.12. The number of nitrogens with one attached hydrogen (secondary N) is 1. The number of rotatable bonds is 5. The second-order valence-electron chi connectivity index (χ2n) is 5.57. The van der Waals surface area contributed by atoms with Crippen LogP contribution in [0.5, 0.6) is 0 Å². The molecule has 0 unspecified atom stereocenters. The van der Waals surface area contributed by atoms with Crippen LogP contribution in [0, 0.1) is 6.92 Å². The molecule has 0 amide bonds. The molecule has 25 heavy (non-hydrogen) atoms. The quantitative estimate of drug-likeness (QED) is 0.761. The molecular weight excluding hydrogens is 331 g/mol. The minimum Gasteiger partial charge on any atom is -0.354 e. The second-order valence-corrected chi connectivity index (χ2v) is 5.57. The van der Waals surface area contributed by atoms with Crippen LogP contribution >= 0.6 is 0 Å². The van der Waals surface area contributed by atoms with Crippen molar-refractivity contribution in [3.8, 4) is 0 Å². The van der Waals surface area contributed by atoms with Crippen LogP contribution in [-0.2, 0) is 0 Å². The summed E-state index contributed by atoms with van der Waals surface area (Å²) in [6.07, 6.45) is 1.87. The zero-order valence-electron chi connectivity index (χ0n) is 13.5. The Morgan fingerprint density at radius 1 is 1.28 bits per heavy atom. The standard InChI is InChI=1S/C17H16F3N5/c1-11(13-3-4-15-21-7-8-25(15)10-13)14-9-23-16(24-12(14)2)22-6-5-17(18,19)20/h3-4,7-10H,1,5-6H2,2H3,(H,22,23,24). The zero-order chi connectivity index (χ0) is 18.0. The lowest BCUT2D eigenvalue weighted by atomic mass is 10.0. The van der Waals surface area contributed by atoms with Crippen LogP contribution in [0.3, 0.4) is 0 Å². The van der Waals surface area contributed by atoms with Crippen molar-refractivity contribution >= 4 is 17.2 Å². The summed E-state index contributed by atoms with van der Waals surface area (Å²) in [6, 6.07) is 3.78. The monoisotopic (exact) mass is 347 g/mol. The van der Waals surface area contributed by atoms with Crippen LogP contribution < -0.4 is 5.32 Å². The average Bonchev–Trinajstić information content (AvgIpc) is 3.00. The number of hydrogen-bond acceptors (Lipinski definition) is 4. The van der Waals surface area contributed by atoms with Gasteiger partial charge in [-0.1, -0.05) is 6.58 Å². The van der Waals surface area contributed by atoms with Crippen LogP contribution in [0.15, 0.2) is 43.5 Å². The van der Waals surface area contributed by atoms with Gasteiger partial charge in [0.1, 0.15) is 5.65 Å². The molecule has 0 aliphatic heterocycles. The van der Waals surface area contributed by atoms with Gasteiger partial charge in [0.15, 0.2) is 0 Å². The van der Waals surface area contributed by atoms with Gasteiger partial charge in [0.25, 0.3) is 0 Å². The Morgan fingerprint density at radius 2 is 2.08 bits per heavy atom. The molecule has 130 valence electrons. The fraction of sp³-hybridized carbons (Fsp3) is 0.235. The lowest BCUT2D eigenvalue weighted by Crippen LogP contribution is -2.16. The fourth-order valence-electron chi connectivity index (χ4n) is 2.42. The lowest BCUT2D eigenvalue weighted by molar-refractivity contribution is -0.131. The van der Waals surface area contributed by atoms with Crippen LogP contribution in [-0.4, -0.2) is 32.1 Å². The Kier molecular flexibility index (Phi) is 4.43. The number of nitrogens with zero attached hydrogens (tertiary/aromatic N) is 4. The van der Waals surface area contributed by atoms with Gasteiger partial charge in [0.05, 0.1) is 12.1 Å². The molecule has 0 radical (unpaired) electrons. The molecule has 0 aliphatic carbocycles. The summed E-state index contributed by atoms with van der Waals surface area (Å²) in [6.45, 7) is 5.60. The molecule has 0 saturated heterocycles. The molecule has 0 bridgehead atoms. The first-order valence-corrected chi connectivity index (χ1v) is 7.60. The van der Waals surface area contributed by atoms with E-state index in [0.29, 0.717) is 5.69 Å². The molecule has 0 aliphatic rings. The third kappa shape index (κ3) is 3.96. The first-order valence-electron chi connectivity index (χ1n) is 7.60. The van der Waals surface area contributed by atoms with Crippen LogP contribution in [0.4, 0.5) is 19.1 Å². The fourth-order valence-corrected chi connectivity index (χ4v) is 2.42. The van der Waals surface area contributed by atoms with Crippen molar-refractivity contribution < 1.29 is 13.2 Å². The van der Waals surface area contributed by atoms with Crippen molar-refractivity contribution in [2.45, 2.75) is 19.5 Å². The molecule has 0 spiro atoms. The van der Waals surface area contributed by atoms with E-state index in [0.717, 1.165) is 22.3 Å². The summed E-state index contributed by atoms with van der Waals surface area (Å²) in [5, 5.41) is 2.58. The molecule has 3 aromatic heterocycles. The molecule has 3 rings (SSSR count). The average molecular weight is 347 g/mol. The zero-order valence-corrected chi connectivity index (χ0v) is 13.5. The normalized spacial score (nSPS) is 11.7. The van der Waals surface area contributed by atoms with Gasteiger partial charge < -0.3 is 9.72 Å². The minimum atomic E-state index is -4.21. The third-order valence-electron chi connectivity index (χ3n) is 3.73. The van der Waals surface area contributed by atoms with E-state index in [1.54, 1.807) is 19.3 Å². The van der Waals surface area contributed by atoms with E-state index in [9.17, 15) is 13.2 Å². The Bertz CT molecular complexity index is 914. The third-order valence-corrected chi connectivity index (χ3v) is 3.73. The van der Waals surface area contributed by atoms with E-state index in [1.807, 2.05) is 28.9 Å². The summed E-state index contributed by atoms with van der Waals surface area (Å²) in [4.78, 5) is 12.5. The van der Waals surface area contributed by atoms with Crippen molar-refractivity contribution in [2.24, 2.45) is 0 Å². The van der Waals surface area contributed by atoms with Gasteiger partial charge in [-0.15, -0.1) is 0 Å². The number of anilines is 1. The number of aromatic nitrogens is 4. The smallest absolute Gasteiger partial charge is 0.354 e. The maximum Gasteiger partial charge on any atom is 0.390 e. The van der Waals surface area contributed by atoms with Crippen LogP contribution in [0.25, 0.3) is 11.2 Å². The van der Waals surface area contributed by atoms with Crippen molar-refractivity contribution in [3.63, 3.8) is 0 Å². The summed E-state index contributed by atoms with van der Waals surface area (Å²) in [5.41, 5.74) is 3.82. The number of hydrogen-bond donors (Lipinski definition) is 1. The van der Waals surface area contributed by atoms with E-state index < -0.39 is 12.6 Å². The molecule has 5 nitrogen and oxygen atoms in total.